The van der Waals surface area contributed by atoms with Gasteiger partial charge in [-0.2, -0.15) is 0 Å². The number of hydrogen-bond acceptors (Lipinski definition) is 5. The summed E-state index contributed by atoms with van der Waals surface area (Å²) in [6.07, 6.45) is 0.360. The third-order valence-electron chi connectivity index (χ3n) is 3.82. The van der Waals surface area contributed by atoms with Crippen molar-refractivity contribution in [1.29, 1.82) is 0 Å². The third-order valence-corrected chi connectivity index (χ3v) is 3.82. The monoisotopic (exact) mass is 356 g/mol. The van der Waals surface area contributed by atoms with E-state index in [9.17, 15) is 9.59 Å². The number of rotatable bonds is 8. The lowest BCUT2D eigenvalue weighted by Crippen LogP contribution is -2.46. The van der Waals surface area contributed by atoms with Crippen LogP contribution in [-0.2, 0) is 20.7 Å². The average molecular weight is 356 g/mol. The minimum atomic E-state index is -2.04. The van der Waals surface area contributed by atoms with Crippen molar-refractivity contribution in [3.05, 3.63) is 60.7 Å². The Kier molecular flexibility index (Phi) is 6.91. The van der Waals surface area contributed by atoms with Crippen LogP contribution in [0, 0.1) is 0 Å². The summed E-state index contributed by atoms with van der Waals surface area (Å²) in [5.41, 5.74) is 0.879. The summed E-state index contributed by atoms with van der Waals surface area (Å²) in [6, 6.07) is 13.4. The van der Waals surface area contributed by atoms with Crippen molar-refractivity contribution in [2.75, 3.05) is 13.6 Å². The molecule has 26 heavy (non-hydrogen) atoms. The van der Waals surface area contributed by atoms with Crippen LogP contribution in [0.5, 0.6) is 0 Å². The number of carbonyl (C=O) groups excluding carboxylic acids is 2. The van der Waals surface area contributed by atoms with E-state index < -0.39 is 25.4 Å². The average Bonchev–Trinajstić information content (AvgIpc) is 2.60. The number of amides is 2. The van der Waals surface area contributed by atoms with Crippen LogP contribution in [0.15, 0.2) is 55.1 Å². The Bertz CT molecular complexity index is 791. The largest absolute Gasteiger partial charge is 0.635 e. The maximum atomic E-state index is 12.1. The van der Waals surface area contributed by atoms with Crippen molar-refractivity contribution in [3.8, 4) is 0 Å². The van der Waals surface area contributed by atoms with Gasteiger partial charge >= 0.3 is 7.32 Å². The quantitative estimate of drug-likeness (QED) is 0.363. The summed E-state index contributed by atoms with van der Waals surface area (Å²) < 4.78 is 5.00. The number of likely N-dealkylation sites (N-methyl/N-ethyl adjacent to an activating group) is 1. The zero-order valence-corrected chi connectivity index (χ0v) is 14.5. The summed E-state index contributed by atoms with van der Waals surface area (Å²) >= 11 is 0. The first-order valence-corrected chi connectivity index (χ1v) is 8.06. The fraction of sp³-hybridized carbons (Fsp3) is 0.222. The van der Waals surface area contributed by atoms with Gasteiger partial charge in [0, 0.05) is 13.5 Å². The van der Waals surface area contributed by atoms with Gasteiger partial charge in [0.05, 0.1) is 6.54 Å². The molecule has 0 aliphatic heterocycles. The van der Waals surface area contributed by atoms with E-state index in [2.05, 4.69) is 11.9 Å². The molecule has 2 aromatic rings. The molecule has 2 rings (SSSR count). The van der Waals surface area contributed by atoms with E-state index in [1.165, 1.54) is 11.9 Å². The van der Waals surface area contributed by atoms with Gasteiger partial charge < -0.3 is 24.9 Å². The topological polar surface area (TPSA) is 99.1 Å². The second kappa shape index (κ2) is 9.14. The molecule has 0 saturated heterocycles. The van der Waals surface area contributed by atoms with Crippen LogP contribution < -0.4 is 5.32 Å². The van der Waals surface area contributed by atoms with Gasteiger partial charge in [-0.15, -0.1) is 0 Å². The molecule has 8 heteroatoms. The van der Waals surface area contributed by atoms with Crippen molar-refractivity contribution < 1.29 is 24.3 Å². The van der Waals surface area contributed by atoms with E-state index in [1.54, 1.807) is 0 Å². The first-order valence-electron chi connectivity index (χ1n) is 8.06. The molecule has 0 radical (unpaired) electrons. The highest BCUT2D eigenvalue weighted by Crippen LogP contribution is 2.20. The first-order chi connectivity index (χ1) is 12.4. The Hall–Kier alpha value is -2.68. The standard InChI is InChI=1S/C18H21BN2O5/c1-3-18(23)21(2)12-16(22)20-17(26-19(24)25)11-14-9-6-8-13-7-4-5-10-15(13)14/h3-10,17,24-25H,1,11-12H2,2H3,(H,20,22)/t17-/m1/s1. The van der Waals surface area contributed by atoms with E-state index in [1.807, 2.05) is 42.5 Å². The van der Waals surface area contributed by atoms with Crippen LogP contribution in [0.25, 0.3) is 10.8 Å². The van der Waals surface area contributed by atoms with Crippen LogP contribution in [-0.4, -0.2) is 53.9 Å². The lowest BCUT2D eigenvalue weighted by molar-refractivity contribution is -0.132. The molecule has 0 fully saturated rings. The molecule has 0 aromatic heterocycles. The molecule has 0 aliphatic carbocycles. The molecule has 2 aromatic carbocycles. The fourth-order valence-electron chi connectivity index (χ4n) is 2.62. The predicted octanol–water partition coefficient (Wildman–Crippen LogP) is 0.455. The molecule has 7 nitrogen and oxygen atoms in total. The van der Waals surface area contributed by atoms with E-state index in [4.69, 9.17) is 14.7 Å². The van der Waals surface area contributed by atoms with E-state index in [0.717, 1.165) is 22.4 Å². The van der Waals surface area contributed by atoms with Gasteiger partial charge in [-0.3, -0.25) is 9.59 Å². The van der Waals surface area contributed by atoms with Gasteiger partial charge in [-0.25, -0.2) is 0 Å². The normalized spacial score (nSPS) is 11.7. The third kappa shape index (κ3) is 5.42. The Balaban J connectivity index is 2.13. The number of benzene rings is 2. The maximum Gasteiger partial charge on any atom is 0.635 e. The number of hydrogen-bond donors (Lipinski definition) is 3. The molecule has 0 spiro atoms. The summed E-state index contributed by atoms with van der Waals surface area (Å²) in [6.45, 7) is 3.15. The van der Waals surface area contributed by atoms with Gasteiger partial charge in [0.2, 0.25) is 11.8 Å². The lowest BCUT2D eigenvalue weighted by Gasteiger charge is -2.22. The van der Waals surface area contributed by atoms with Gasteiger partial charge in [-0.05, 0) is 22.4 Å². The molecule has 1 atom stereocenters. The predicted molar refractivity (Wildman–Crippen MR) is 98.7 cm³/mol. The molecule has 0 aliphatic rings. The van der Waals surface area contributed by atoms with Gasteiger partial charge in [0.25, 0.3) is 0 Å². The molecular weight excluding hydrogens is 335 g/mol. The maximum absolute atomic E-state index is 12.1. The molecule has 136 valence electrons. The fourth-order valence-corrected chi connectivity index (χ4v) is 2.62. The summed E-state index contributed by atoms with van der Waals surface area (Å²) in [5, 5.41) is 22.8. The highest BCUT2D eigenvalue weighted by molar-refractivity contribution is 6.32. The molecular formula is C18H21BN2O5. The van der Waals surface area contributed by atoms with Gasteiger partial charge in [0.15, 0.2) is 0 Å². The summed E-state index contributed by atoms with van der Waals surface area (Å²) in [5.74, 6) is -0.887. The van der Waals surface area contributed by atoms with Crippen LogP contribution in [0.3, 0.4) is 0 Å². The van der Waals surface area contributed by atoms with Crippen molar-refractivity contribution >= 4 is 29.9 Å². The van der Waals surface area contributed by atoms with Crippen molar-refractivity contribution in [3.63, 3.8) is 0 Å². The lowest BCUT2D eigenvalue weighted by atomic mass is 10.0. The number of nitrogens with one attached hydrogen (secondary N) is 1. The second-order valence-corrected chi connectivity index (χ2v) is 5.76. The summed E-state index contributed by atoms with van der Waals surface area (Å²) in [7, 11) is -0.576. The van der Waals surface area contributed by atoms with Crippen LogP contribution >= 0.6 is 0 Å². The molecule has 0 bridgehead atoms. The smallest absolute Gasteiger partial charge is 0.402 e. The molecule has 3 N–H and O–H groups in total. The van der Waals surface area contributed by atoms with Crippen molar-refractivity contribution in [1.82, 2.24) is 10.2 Å². The van der Waals surface area contributed by atoms with Crippen LogP contribution in [0.1, 0.15) is 5.56 Å². The van der Waals surface area contributed by atoms with E-state index >= 15 is 0 Å². The Morgan fingerprint density at radius 1 is 1.27 bits per heavy atom. The Labute approximate surface area is 152 Å². The molecule has 0 unspecified atom stereocenters. The van der Waals surface area contributed by atoms with Gasteiger partial charge in [0.1, 0.15) is 6.23 Å². The van der Waals surface area contributed by atoms with E-state index in [0.29, 0.717) is 0 Å². The van der Waals surface area contributed by atoms with Crippen molar-refractivity contribution in [2.24, 2.45) is 0 Å². The number of fused-ring (bicyclic) bond motifs is 1. The van der Waals surface area contributed by atoms with E-state index in [-0.39, 0.29) is 13.0 Å². The molecule has 0 saturated carbocycles. The highest BCUT2D eigenvalue weighted by Gasteiger charge is 2.22. The zero-order chi connectivity index (χ0) is 19.1. The zero-order valence-electron chi connectivity index (χ0n) is 14.5. The molecule has 0 heterocycles. The van der Waals surface area contributed by atoms with Crippen LogP contribution in [0.2, 0.25) is 0 Å². The second-order valence-electron chi connectivity index (χ2n) is 5.76. The van der Waals surface area contributed by atoms with Crippen molar-refractivity contribution in [2.45, 2.75) is 12.6 Å². The minimum Gasteiger partial charge on any atom is -0.402 e. The Morgan fingerprint density at radius 2 is 1.96 bits per heavy atom. The number of nitrogens with zero attached hydrogens (tertiary/aromatic N) is 1. The molecule has 2 amide bonds. The summed E-state index contributed by atoms with van der Waals surface area (Å²) in [4.78, 5) is 24.8. The minimum absolute atomic E-state index is 0.207. The highest BCUT2D eigenvalue weighted by atomic mass is 16.6. The van der Waals surface area contributed by atoms with Crippen LogP contribution in [0.4, 0.5) is 0 Å². The Morgan fingerprint density at radius 3 is 2.65 bits per heavy atom. The first kappa shape index (κ1) is 19.6. The SMILES string of the molecule is C=CC(=O)N(C)CC(=O)N[C@@H](Cc1cccc2ccccc12)OB(O)O. The van der Waals surface area contributed by atoms with Gasteiger partial charge in [-0.1, -0.05) is 49.0 Å². The number of carbonyl (C=O) groups is 2.